The highest BCUT2D eigenvalue weighted by atomic mass is 32.2. The van der Waals surface area contributed by atoms with Gasteiger partial charge >= 0.3 is 0 Å². The molecule has 1 aliphatic heterocycles. The van der Waals surface area contributed by atoms with Crippen LogP contribution in [-0.4, -0.2) is 26.9 Å². The van der Waals surface area contributed by atoms with Crippen LogP contribution in [0.1, 0.15) is 12.8 Å². The van der Waals surface area contributed by atoms with Gasteiger partial charge in [-0.05, 0) is 12.8 Å². The maximum atomic E-state index is 10.4. The molecular weight excluding hydrogens is 154 g/mol. The van der Waals surface area contributed by atoms with Gasteiger partial charge in [-0.2, -0.15) is 0 Å². The second kappa shape index (κ2) is 2.86. The van der Waals surface area contributed by atoms with Crippen molar-refractivity contribution in [2.45, 2.75) is 18.9 Å². The summed E-state index contributed by atoms with van der Waals surface area (Å²) in [5, 5.41) is 4.77. The predicted octanol–water partition coefficient (Wildman–Crippen LogP) is -0.546. The molecule has 60 valence electrons. The van der Waals surface area contributed by atoms with Gasteiger partial charge in [0.05, 0.1) is 18.5 Å². The van der Waals surface area contributed by atoms with Crippen molar-refractivity contribution in [1.82, 2.24) is 0 Å². The molecular formula is C5H11NO3S. The number of primary sulfonamides is 1. The molecule has 1 atom stereocenters. The number of epoxide rings is 1. The van der Waals surface area contributed by atoms with Gasteiger partial charge in [0.25, 0.3) is 0 Å². The van der Waals surface area contributed by atoms with Gasteiger partial charge in [-0.15, -0.1) is 0 Å². The van der Waals surface area contributed by atoms with E-state index in [9.17, 15) is 8.42 Å². The van der Waals surface area contributed by atoms with Gasteiger partial charge < -0.3 is 4.74 Å². The maximum absolute atomic E-state index is 10.4. The van der Waals surface area contributed by atoms with E-state index in [1.165, 1.54) is 0 Å². The zero-order valence-corrected chi connectivity index (χ0v) is 6.43. The number of ether oxygens (including phenoxy) is 1. The van der Waals surface area contributed by atoms with E-state index in [4.69, 9.17) is 9.88 Å². The zero-order chi connectivity index (χ0) is 7.61. The van der Waals surface area contributed by atoms with E-state index in [1.54, 1.807) is 0 Å². The summed E-state index contributed by atoms with van der Waals surface area (Å²) in [6, 6.07) is 0. The van der Waals surface area contributed by atoms with Gasteiger partial charge in [0.2, 0.25) is 10.0 Å². The Morgan fingerprint density at radius 3 is 2.60 bits per heavy atom. The minimum absolute atomic E-state index is 0.0762. The van der Waals surface area contributed by atoms with Gasteiger partial charge in [-0.1, -0.05) is 0 Å². The standard InChI is InChI=1S/C5H11NO3S/c6-10(7,8)3-1-2-5-4-9-5/h5H,1-4H2,(H2,6,7,8). The number of rotatable bonds is 4. The number of nitrogens with two attached hydrogens (primary N) is 1. The first-order chi connectivity index (χ1) is 4.58. The van der Waals surface area contributed by atoms with Crippen molar-refractivity contribution in [1.29, 1.82) is 0 Å². The fourth-order valence-corrected chi connectivity index (χ4v) is 1.32. The van der Waals surface area contributed by atoms with Crippen molar-refractivity contribution in [2.75, 3.05) is 12.4 Å². The molecule has 0 amide bonds. The van der Waals surface area contributed by atoms with Gasteiger partial charge in [0, 0.05) is 0 Å². The molecule has 1 aliphatic rings. The molecule has 2 N–H and O–H groups in total. The van der Waals surface area contributed by atoms with Crippen molar-refractivity contribution in [3.05, 3.63) is 0 Å². The van der Waals surface area contributed by atoms with E-state index >= 15 is 0 Å². The first-order valence-corrected chi connectivity index (χ1v) is 4.91. The van der Waals surface area contributed by atoms with Crippen LogP contribution < -0.4 is 5.14 Å². The Morgan fingerprint density at radius 1 is 1.60 bits per heavy atom. The third-order valence-electron chi connectivity index (χ3n) is 1.36. The molecule has 1 unspecified atom stereocenters. The van der Waals surface area contributed by atoms with Crippen LogP contribution in [-0.2, 0) is 14.8 Å². The SMILES string of the molecule is NS(=O)(=O)CCCC1CO1. The Balaban J connectivity index is 2.04. The summed E-state index contributed by atoms with van der Waals surface area (Å²) in [7, 11) is -3.25. The lowest BCUT2D eigenvalue weighted by Gasteiger charge is -1.94. The second-order valence-corrected chi connectivity index (χ2v) is 4.20. The highest BCUT2D eigenvalue weighted by Gasteiger charge is 2.21. The topological polar surface area (TPSA) is 72.7 Å². The highest BCUT2D eigenvalue weighted by Crippen LogP contribution is 2.15. The van der Waals surface area contributed by atoms with Crippen LogP contribution in [0.15, 0.2) is 0 Å². The summed E-state index contributed by atoms with van der Waals surface area (Å²) in [6.07, 6.45) is 1.74. The molecule has 0 saturated carbocycles. The first-order valence-electron chi connectivity index (χ1n) is 3.20. The molecule has 10 heavy (non-hydrogen) atoms. The van der Waals surface area contributed by atoms with Gasteiger partial charge in [-0.3, -0.25) is 0 Å². The highest BCUT2D eigenvalue weighted by molar-refractivity contribution is 7.89. The van der Waals surface area contributed by atoms with E-state index in [-0.39, 0.29) is 5.75 Å². The lowest BCUT2D eigenvalue weighted by molar-refractivity contribution is 0.395. The molecule has 5 heteroatoms. The molecule has 0 aromatic rings. The third kappa shape index (κ3) is 3.81. The Kier molecular flexibility index (Phi) is 2.28. The fraction of sp³-hybridized carbons (Fsp3) is 1.00. The molecule has 0 bridgehead atoms. The van der Waals surface area contributed by atoms with Crippen LogP contribution >= 0.6 is 0 Å². The Labute approximate surface area is 60.4 Å². The fourth-order valence-electron chi connectivity index (χ4n) is 0.747. The average molecular weight is 165 g/mol. The number of sulfonamides is 1. The van der Waals surface area contributed by atoms with Crippen LogP contribution in [0, 0.1) is 0 Å². The van der Waals surface area contributed by atoms with Crippen LogP contribution in [0.3, 0.4) is 0 Å². The Morgan fingerprint density at radius 2 is 2.20 bits per heavy atom. The van der Waals surface area contributed by atoms with Crippen molar-refractivity contribution in [2.24, 2.45) is 5.14 Å². The predicted molar refractivity (Wildman–Crippen MR) is 36.9 cm³/mol. The van der Waals surface area contributed by atoms with Crippen molar-refractivity contribution in [3.63, 3.8) is 0 Å². The summed E-state index contributed by atoms with van der Waals surface area (Å²) >= 11 is 0. The molecule has 1 heterocycles. The molecule has 0 spiro atoms. The lowest BCUT2D eigenvalue weighted by Crippen LogP contribution is -2.16. The van der Waals surface area contributed by atoms with Crippen LogP contribution in [0.25, 0.3) is 0 Å². The maximum Gasteiger partial charge on any atom is 0.209 e. The molecule has 1 rings (SSSR count). The van der Waals surface area contributed by atoms with E-state index in [0.29, 0.717) is 12.5 Å². The normalized spacial score (nSPS) is 24.7. The van der Waals surface area contributed by atoms with Crippen molar-refractivity contribution in [3.8, 4) is 0 Å². The van der Waals surface area contributed by atoms with Crippen molar-refractivity contribution < 1.29 is 13.2 Å². The van der Waals surface area contributed by atoms with Crippen LogP contribution in [0.4, 0.5) is 0 Å². The second-order valence-electron chi connectivity index (χ2n) is 2.46. The zero-order valence-electron chi connectivity index (χ0n) is 5.62. The Hall–Kier alpha value is -0.130. The summed E-state index contributed by atoms with van der Waals surface area (Å²) < 4.78 is 25.6. The average Bonchev–Trinajstić information content (AvgIpc) is 2.45. The van der Waals surface area contributed by atoms with Crippen molar-refractivity contribution >= 4 is 10.0 Å². The molecule has 0 radical (unpaired) electrons. The smallest absolute Gasteiger partial charge is 0.209 e. The molecule has 0 aromatic heterocycles. The Bertz CT molecular complexity index is 195. The van der Waals surface area contributed by atoms with Gasteiger partial charge in [-0.25, -0.2) is 13.6 Å². The van der Waals surface area contributed by atoms with E-state index in [1.807, 2.05) is 0 Å². The summed E-state index contributed by atoms with van der Waals surface area (Å²) in [5.41, 5.74) is 0. The van der Waals surface area contributed by atoms with Gasteiger partial charge in [0.1, 0.15) is 0 Å². The minimum Gasteiger partial charge on any atom is -0.373 e. The van der Waals surface area contributed by atoms with Gasteiger partial charge in [0.15, 0.2) is 0 Å². The largest absolute Gasteiger partial charge is 0.373 e. The number of hydrogen-bond acceptors (Lipinski definition) is 3. The molecule has 1 fully saturated rings. The summed E-state index contributed by atoms with van der Waals surface area (Å²) in [5.74, 6) is 0.0762. The molecule has 0 aliphatic carbocycles. The lowest BCUT2D eigenvalue weighted by atomic mass is 10.3. The molecule has 0 aromatic carbocycles. The number of hydrogen-bond donors (Lipinski definition) is 1. The quantitative estimate of drug-likeness (QED) is 0.568. The first kappa shape index (κ1) is 7.97. The summed E-state index contributed by atoms with van der Waals surface area (Å²) in [6.45, 7) is 0.782. The van der Waals surface area contributed by atoms with E-state index in [0.717, 1.165) is 13.0 Å². The van der Waals surface area contributed by atoms with Crippen LogP contribution in [0.2, 0.25) is 0 Å². The van der Waals surface area contributed by atoms with E-state index < -0.39 is 10.0 Å². The van der Waals surface area contributed by atoms with E-state index in [2.05, 4.69) is 0 Å². The molecule has 1 saturated heterocycles. The monoisotopic (exact) mass is 165 g/mol. The third-order valence-corrected chi connectivity index (χ3v) is 2.22. The molecule has 4 nitrogen and oxygen atoms in total. The summed E-state index contributed by atoms with van der Waals surface area (Å²) in [4.78, 5) is 0. The van der Waals surface area contributed by atoms with Crippen LogP contribution in [0.5, 0.6) is 0 Å². The minimum atomic E-state index is -3.25.